The van der Waals surface area contributed by atoms with Crippen molar-refractivity contribution >= 4 is 17.2 Å². The summed E-state index contributed by atoms with van der Waals surface area (Å²) in [6.45, 7) is 0.293. The van der Waals surface area contributed by atoms with Crippen LogP contribution in [0.1, 0.15) is 5.69 Å². The van der Waals surface area contributed by atoms with E-state index in [1.807, 2.05) is 5.38 Å². The van der Waals surface area contributed by atoms with Crippen LogP contribution in [0, 0.1) is 10.1 Å². The lowest BCUT2D eigenvalue weighted by molar-refractivity contribution is -0.464. The molecule has 1 aromatic rings. The van der Waals surface area contributed by atoms with Gasteiger partial charge in [0.15, 0.2) is 5.84 Å². The molecule has 6 nitrogen and oxygen atoms in total. The second kappa shape index (κ2) is 5.40. The molecule has 0 unspecified atom stereocenters. The van der Waals surface area contributed by atoms with E-state index in [0.717, 1.165) is 5.69 Å². The van der Waals surface area contributed by atoms with E-state index in [9.17, 15) is 10.1 Å². The van der Waals surface area contributed by atoms with Crippen LogP contribution >= 0.6 is 11.3 Å². The van der Waals surface area contributed by atoms with Crippen molar-refractivity contribution in [2.75, 3.05) is 20.6 Å². The van der Waals surface area contributed by atoms with E-state index in [4.69, 9.17) is 0 Å². The summed E-state index contributed by atoms with van der Waals surface area (Å²) < 4.78 is 0. The Morgan fingerprint density at radius 3 is 3.00 bits per heavy atom. The minimum absolute atomic E-state index is 0.253. The van der Waals surface area contributed by atoms with Gasteiger partial charge in [-0.3, -0.25) is 15.1 Å². The number of likely N-dealkylation sites (N-methyl/N-ethyl adjacent to an activating group) is 1. The van der Waals surface area contributed by atoms with Crippen LogP contribution in [0.15, 0.2) is 15.9 Å². The van der Waals surface area contributed by atoms with Gasteiger partial charge in [-0.05, 0) is 0 Å². The Bertz CT molecular complexity index is 350. The first-order valence-electron chi connectivity index (χ1n) is 4.29. The predicted octanol–water partition coefficient (Wildman–Crippen LogP) is 0.880. The molecule has 0 N–H and O–H groups in total. The van der Waals surface area contributed by atoms with Crippen LogP contribution in [-0.4, -0.2) is 41.3 Å². The topological polar surface area (TPSA) is 71.6 Å². The number of rotatable bonds is 4. The Balaban J connectivity index is 2.58. The maximum Gasteiger partial charge on any atom is 0.260 e. The molecule has 0 amide bonds. The molecule has 15 heavy (non-hydrogen) atoms. The number of hydrogen-bond acceptors (Lipinski definition) is 5. The Kier molecular flexibility index (Phi) is 4.17. The molecule has 0 aliphatic rings. The number of amidine groups is 1. The van der Waals surface area contributed by atoms with Crippen molar-refractivity contribution in [1.82, 2.24) is 9.88 Å². The van der Waals surface area contributed by atoms with Crippen LogP contribution in [-0.2, 0) is 6.54 Å². The zero-order valence-electron chi connectivity index (χ0n) is 8.58. The van der Waals surface area contributed by atoms with Crippen molar-refractivity contribution in [2.24, 2.45) is 4.99 Å². The van der Waals surface area contributed by atoms with Gasteiger partial charge in [-0.1, -0.05) is 0 Å². The lowest BCUT2D eigenvalue weighted by Gasteiger charge is -2.16. The molecule has 0 aliphatic carbocycles. The predicted molar refractivity (Wildman–Crippen MR) is 58.8 cm³/mol. The van der Waals surface area contributed by atoms with Crippen LogP contribution in [0.25, 0.3) is 0 Å². The first-order chi connectivity index (χ1) is 7.13. The van der Waals surface area contributed by atoms with E-state index in [1.54, 1.807) is 24.5 Å². The zero-order valence-corrected chi connectivity index (χ0v) is 9.40. The normalized spacial score (nSPS) is 11.5. The van der Waals surface area contributed by atoms with Gasteiger partial charge in [0.1, 0.15) is 0 Å². The monoisotopic (exact) mass is 228 g/mol. The molecule has 0 bridgehead atoms. The van der Waals surface area contributed by atoms with Gasteiger partial charge in [0.05, 0.1) is 17.7 Å². The standard InChI is InChI=1S/C8H12N4O2S/c1-9-8(4-12(13)14)11(2)3-7-5-15-6-10-7/h5-6H,3-4H2,1-2H3. The Morgan fingerprint density at radius 2 is 2.53 bits per heavy atom. The number of nitrogens with zero attached hydrogens (tertiary/aromatic N) is 4. The van der Waals surface area contributed by atoms with Crippen molar-refractivity contribution in [2.45, 2.75) is 6.54 Å². The van der Waals surface area contributed by atoms with Gasteiger partial charge in [0.25, 0.3) is 6.54 Å². The molecule has 0 saturated heterocycles. The number of thiazole rings is 1. The van der Waals surface area contributed by atoms with Gasteiger partial charge in [0.2, 0.25) is 0 Å². The number of nitro groups is 1. The Hall–Kier alpha value is -1.50. The van der Waals surface area contributed by atoms with E-state index in [0.29, 0.717) is 12.4 Å². The minimum Gasteiger partial charge on any atom is -0.352 e. The van der Waals surface area contributed by atoms with E-state index in [2.05, 4.69) is 9.98 Å². The third-order valence-electron chi connectivity index (χ3n) is 1.85. The zero-order chi connectivity index (χ0) is 11.3. The van der Waals surface area contributed by atoms with Gasteiger partial charge in [-0.2, -0.15) is 0 Å². The highest BCUT2D eigenvalue weighted by molar-refractivity contribution is 7.07. The average molecular weight is 228 g/mol. The highest BCUT2D eigenvalue weighted by Gasteiger charge is 2.12. The maximum atomic E-state index is 10.4. The summed E-state index contributed by atoms with van der Waals surface area (Å²) in [4.78, 5) is 19.7. The summed E-state index contributed by atoms with van der Waals surface area (Å²) in [7, 11) is 3.32. The molecule has 0 atom stereocenters. The fourth-order valence-electron chi connectivity index (χ4n) is 1.13. The van der Waals surface area contributed by atoms with Gasteiger partial charge in [-0.25, -0.2) is 4.98 Å². The summed E-state index contributed by atoms with van der Waals surface area (Å²) in [5.74, 6) is 0.452. The lowest BCUT2D eigenvalue weighted by Crippen LogP contribution is -2.32. The Morgan fingerprint density at radius 1 is 1.80 bits per heavy atom. The molecule has 0 radical (unpaired) electrons. The molecule has 0 spiro atoms. The average Bonchev–Trinajstić information content (AvgIpc) is 2.66. The van der Waals surface area contributed by atoms with E-state index in [1.165, 1.54) is 11.3 Å². The molecule has 1 aromatic heterocycles. The molecule has 7 heteroatoms. The molecule has 1 heterocycles. The van der Waals surface area contributed by atoms with Crippen LogP contribution in [0.5, 0.6) is 0 Å². The highest BCUT2D eigenvalue weighted by atomic mass is 32.1. The summed E-state index contributed by atoms with van der Waals surface area (Å²) in [6.07, 6.45) is 0. The van der Waals surface area contributed by atoms with E-state index in [-0.39, 0.29) is 11.5 Å². The molecule has 0 saturated carbocycles. The molecule has 0 fully saturated rings. The summed E-state index contributed by atoms with van der Waals surface area (Å²) in [5.41, 5.74) is 2.63. The van der Waals surface area contributed by atoms with Crippen molar-refractivity contribution in [1.29, 1.82) is 0 Å². The molecular formula is C8H12N4O2S. The minimum atomic E-state index is -0.389. The van der Waals surface area contributed by atoms with Crippen molar-refractivity contribution in [3.8, 4) is 0 Å². The second-order valence-electron chi connectivity index (χ2n) is 2.97. The van der Waals surface area contributed by atoms with Crippen LogP contribution in [0.2, 0.25) is 0 Å². The van der Waals surface area contributed by atoms with Gasteiger partial charge in [-0.15, -0.1) is 11.3 Å². The van der Waals surface area contributed by atoms with Crippen molar-refractivity contribution in [3.63, 3.8) is 0 Å². The van der Waals surface area contributed by atoms with Crippen LogP contribution < -0.4 is 0 Å². The fraction of sp³-hybridized carbons (Fsp3) is 0.500. The van der Waals surface area contributed by atoms with E-state index >= 15 is 0 Å². The molecule has 0 aromatic carbocycles. The Labute approximate surface area is 91.4 Å². The highest BCUT2D eigenvalue weighted by Crippen LogP contribution is 2.04. The quantitative estimate of drug-likeness (QED) is 0.332. The first kappa shape index (κ1) is 11.6. The largest absolute Gasteiger partial charge is 0.352 e. The third-order valence-corrected chi connectivity index (χ3v) is 2.49. The molecular weight excluding hydrogens is 216 g/mol. The third kappa shape index (κ3) is 3.62. The number of aromatic nitrogens is 1. The lowest BCUT2D eigenvalue weighted by atomic mass is 10.4. The second-order valence-corrected chi connectivity index (χ2v) is 3.69. The first-order valence-corrected chi connectivity index (χ1v) is 5.23. The fourth-order valence-corrected chi connectivity index (χ4v) is 1.68. The van der Waals surface area contributed by atoms with E-state index < -0.39 is 0 Å². The molecule has 1 rings (SSSR count). The van der Waals surface area contributed by atoms with Gasteiger partial charge < -0.3 is 4.90 Å². The number of hydrogen-bond donors (Lipinski definition) is 0. The molecule has 0 aliphatic heterocycles. The summed E-state index contributed by atoms with van der Waals surface area (Å²) >= 11 is 1.50. The summed E-state index contributed by atoms with van der Waals surface area (Å²) in [6, 6.07) is 0. The number of aliphatic imine (C=N–C) groups is 1. The van der Waals surface area contributed by atoms with Crippen LogP contribution in [0.4, 0.5) is 0 Å². The van der Waals surface area contributed by atoms with Crippen molar-refractivity contribution in [3.05, 3.63) is 26.7 Å². The van der Waals surface area contributed by atoms with Crippen LogP contribution in [0.3, 0.4) is 0 Å². The van der Waals surface area contributed by atoms with Crippen molar-refractivity contribution < 1.29 is 4.92 Å². The summed E-state index contributed by atoms with van der Waals surface area (Å²) in [5, 5.41) is 12.3. The van der Waals surface area contributed by atoms with Gasteiger partial charge >= 0.3 is 0 Å². The molecule has 82 valence electrons. The maximum absolute atomic E-state index is 10.4. The smallest absolute Gasteiger partial charge is 0.260 e. The SMILES string of the molecule is CN=C(C[N+](=O)[O-])N(C)Cc1cscn1. The van der Waals surface area contributed by atoms with Gasteiger partial charge in [0, 0.05) is 24.4 Å².